The lowest BCUT2D eigenvalue weighted by molar-refractivity contribution is 0.168. The van der Waals surface area contributed by atoms with Crippen molar-refractivity contribution in [2.45, 2.75) is 39.5 Å². The molecule has 0 aromatic rings. The predicted octanol–water partition coefficient (Wildman–Crippen LogP) is 2.18. The van der Waals surface area contributed by atoms with Crippen LogP contribution in [0, 0.1) is 5.41 Å². The van der Waals surface area contributed by atoms with Gasteiger partial charge in [0.2, 0.25) is 0 Å². The first-order valence-electron chi connectivity index (χ1n) is 4.87. The standard InChI is InChI=1S/C10H23NO/c1-4-6-10(2,9-11)7-5-8-12-3/h4-9,11H2,1-3H3. The molecular formula is C10H23NO. The maximum absolute atomic E-state index is 5.73. The van der Waals surface area contributed by atoms with Crippen molar-refractivity contribution in [2.75, 3.05) is 20.3 Å². The van der Waals surface area contributed by atoms with E-state index in [1.165, 1.54) is 19.3 Å². The zero-order valence-corrected chi connectivity index (χ0v) is 8.73. The van der Waals surface area contributed by atoms with Crippen LogP contribution in [0.25, 0.3) is 0 Å². The third-order valence-corrected chi connectivity index (χ3v) is 2.48. The molecule has 2 N–H and O–H groups in total. The predicted molar refractivity (Wildman–Crippen MR) is 53.2 cm³/mol. The molecule has 2 nitrogen and oxygen atoms in total. The Morgan fingerprint density at radius 1 is 1.33 bits per heavy atom. The molecule has 0 heterocycles. The minimum absolute atomic E-state index is 0.341. The van der Waals surface area contributed by atoms with Crippen molar-refractivity contribution in [3.05, 3.63) is 0 Å². The number of hydrogen-bond acceptors (Lipinski definition) is 2. The van der Waals surface area contributed by atoms with E-state index in [0.717, 1.165) is 19.6 Å². The van der Waals surface area contributed by atoms with Gasteiger partial charge < -0.3 is 10.5 Å². The Balaban J connectivity index is 3.63. The molecule has 0 radical (unpaired) electrons. The van der Waals surface area contributed by atoms with Crippen LogP contribution in [-0.2, 0) is 4.74 Å². The van der Waals surface area contributed by atoms with Gasteiger partial charge in [-0.05, 0) is 31.2 Å². The Morgan fingerprint density at radius 3 is 2.42 bits per heavy atom. The highest BCUT2D eigenvalue weighted by Gasteiger charge is 2.20. The van der Waals surface area contributed by atoms with Crippen molar-refractivity contribution in [1.29, 1.82) is 0 Å². The van der Waals surface area contributed by atoms with Gasteiger partial charge in [-0.1, -0.05) is 20.3 Å². The summed E-state index contributed by atoms with van der Waals surface area (Å²) in [5, 5.41) is 0. The van der Waals surface area contributed by atoms with Gasteiger partial charge in [-0.25, -0.2) is 0 Å². The molecule has 1 unspecified atom stereocenters. The second kappa shape index (κ2) is 6.44. The maximum atomic E-state index is 5.73. The van der Waals surface area contributed by atoms with Crippen molar-refractivity contribution < 1.29 is 4.74 Å². The third kappa shape index (κ3) is 4.73. The summed E-state index contributed by atoms with van der Waals surface area (Å²) in [5.41, 5.74) is 6.08. The lowest BCUT2D eigenvalue weighted by Gasteiger charge is -2.27. The van der Waals surface area contributed by atoms with E-state index in [9.17, 15) is 0 Å². The molecule has 2 heteroatoms. The van der Waals surface area contributed by atoms with Gasteiger partial charge in [0.05, 0.1) is 0 Å². The fourth-order valence-corrected chi connectivity index (χ4v) is 1.58. The molecule has 0 amide bonds. The molecule has 74 valence electrons. The van der Waals surface area contributed by atoms with Gasteiger partial charge in [0.25, 0.3) is 0 Å². The van der Waals surface area contributed by atoms with Gasteiger partial charge in [-0.15, -0.1) is 0 Å². The van der Waals surface area contributed by atoms with Gasteiger partial charge in [-0.2, -0.15) is 0 Å². The molecule has 0 spiro atoms. The number of ether oxygens (including phenoxy) is 1. The van der Waals surface area contributed by atoms with Crippen LogP contribution in [-0.4, -0.2) is 20.3 Å². The van der Waals surface area contributed by atoms with E-state index >= 15 is 0 Å². The van der Waals surface area contributed by atoms with Crippen molar-refractivity contribution >= 4 is 0 Å². The van der Waals surface area contributed by atoms with Gasteiger partial charge in [0.15, 0.2) is 0 Å². The highest BCUT2D eigenvalue weighted by atomic mass is 16.5. The van der Waals surface area contributed by atoms with E-state index < -0.39 is 0 Å². The molecule has 0 aliphatic carbocycles. The molecule has 0 aromatic carbocycles. The molecule has 0 fully saturated rings. The highest BCUT2D eigenvalue weighted by Crippen LogP contribution is 2.27. The van der Waals surface area contributed by atoms with E-state index in [2.05, 4.69) is 13.8 Å². The van der Waals surface area contributed by atoms with Crippen LogP contribution in [0.5, 0.6) is 0 Å². The van der Waals surface area contributed by atoms with Gasteiger partial charge in [0.1, 0.15) is 0 Å². The Kier molecular flexibility index (Phi) is 6.39. The molecular weight excluding hydrogens is 150 g/mol. The highest BCUT2D eigenvalue weighted by molar-refractivity contribution is 4.74. The monoisotopic (exact) mass is 173 g/mol. The summed E-state index contributed by atoms with van der Waals surface area (Å²) < 4.78 is 5.02. The van der Waals surface area contributed by atoms with Gasteiger partial charge in [-0.3, -0.25) is 0 Å². The first-order chi connectivity index (χ1) is 5.68. The SMILES string of the molecule is CCCC(C)(CN)CCCOC. The van der Waals surface area contributed by atoms with E-state index in [0.29, 0.717) is 5.41 Å². The normalized spacial score (nSPS) is 16.0. The van der Waals surface area contributed by atoms with Crippen LogP contribution in [0.3, 0.4) is 0 Å². The van der Waals surface area contributed by atoms with Crippen molar-refractivity contribution in [2.24, 2.45) is 11.1 Å². The summed E-state index contributed by atoms with van der Waals surface area (Å²) in [7, 11) is 1.75. The molecule has 0 aromatic heterocycles. The molecule has 0 aliphatic heterocycles. The van der Waals surface area contributed by atoms with Crippen molar-refractivity contribution in [1.82, 2.24) is 0 Å². The fraction of sp³-hybridized carbons (Fsp3) is 1.00. The smallest absolute Gasteiger partial charge is 0.0462 e. The first-order valence-corrected chi connectivity index (χ1v) is 4.87. The Morgan fingerprint density at radius 2 is 2.00 bits per heavy atom. The van der Waals surface area contributed by atoms with E-state index in [1.54, 1.807) is 7.11 Å². The lowest BCUT2D eigenvalue weighted by atomic mass is 9.81. The summed E-state index contributed by atoms with van der Waals surface area (Å²) in [6.07, 6.45) is 4.77. The van der Waals surface area contributed by atoms with Crippen LogP contribution >= 0.6 is 0 Å². The van der Waals surface area contributed by atoms with Crippen molar-refractivity contribution in [3.63, 3.8) is 0 Å². The Hall–Kier alpha value is -0.0800. The number of rotatable bonds is 7. The molecule has 0 rings (SSSR count). The van der Waals surface area contributed by atoms with Crippen molar-refractivity contribution in [3.8, 4) is 0 Å². The second-order valence-electron chi connectivity index (χ2n) is 3.86. The average molecular weight is 173 g/mol. The van der Waals surface area contributed by atoms with Crippen LogP contribution < -0.4 is 5.73 Å². The molecule has 0 saturated carbocycles. The summed E-state index contributed by atoms with van der Waals surface area (Å²) >= 11 is 0. The Bertz CT molecular complexity index is 106. The van der Waals surface area contributed by atoms with E-state index in [4.69, 9.17) is 10.5 Å². The largest absolute Gasteiger partial charge is 0.385 e. The molecule has 1 atom stereocenters. The zero-order valence-electron chi connectivity index (χ0n) is 8.73. The maximum Gasteiger partial charge on any atom is 0.0462 e. The van der Waals surface area contributed by atoms with E-state index in [1.807, 2.05) is 0 Å². The zero-order chi connectivity index (χ0) is 9.45. The summed E-state index contributed by atoms with van der Waals surface area (Å²) in [5.74, 6) is 0. The Labute approximate surface area is 76.5 Å². The van der Waals surface area contributed by atoms with Crippen LogP contribution in [0.2, 0.25) is 0 Å². The fourth-order valence-electron chi connectivity index (χ4n) is 1.58. The van der Waals surface area contributed by atoms with Gasteiger partial charge in [0, 0.05) is 13.7 Å². The third-order valence-electron chi connectivity index (χ3n) is 2.48. The minimum atomic E-state index is 0.341. The first kappa shape index (κ1) is 11.9. The van der Waals surface area contributed by atoms with Crippen LogP contribution in [0.1, 0.15) is 39.5 Å². The molecule has 0 bridgehead atoms. The molecule has 12 heavy (non-hydrogen) atoms. The van der Waals surface area contributed by atoms with Crippen LogP contribution in [0.4, 0.5) is 0 Å². The van der Waals surface area contributed by atoms with Gasteiger partial charge >= 0.3 is 0 Å². The minimum Gasteiger partial charge on any atom is -0.385 e. The number of nitrogens with two attached hydrogens (primary N) is 1. The summed E-state index contributed by atoms with van der Waals surface area (Å²) in [6, 6.07) is 0. The molecule has 0 aliphatic rings. The second-order valence-corrected chi connectivity index (χ2v) is 3.86. The van der Waals surface area contributed by atoms with Crippen LogP contribution in [0.15, 0.2) is 0 Å². The average Bonchev–Trinajstić information content (AvgIpc) is 2.06. The lowest BCUT2D eigenvalue weighted by Crippen LogP contribution is -2.27. The molecule has 0 saturated heterocycles. The van der Waals surface area contributed by atoms with E-state index in [-0.39, 0.29) is 0 Å². The number of methoxy groups -OCH3 is 1. The summed E-state index contributed by atoms with van der Waals surface area (Å²) in [6.45, 7) is 6.14. The topological polar surface area (TPSA) is 35.2 Å². The number of hydrogen-bond donors (Lipinski definition) is 1. The quantitative estimate of drug-likeness (QED) is 0.599. The summed E-state index contributed by atoms with van der Waals surface area (Å²) in [4.78, 5) is 0.